The quantitative estimate of drug-likeness (QED) is 0.857. The van der Waals surface area contributed by atoms with Crippen molar-refractivity contribution in [3.8, 4) is 11.1 Å². The molecule has 4 heteroatoms. The number of hydrazine groups is 1. The van der Waals surface area contributed by atoms with Crippen LogP contribution in [0.3, 0.4) is 0 Å². The van der Waals surface area contributed by atoms with Crippen LogP contribution in [0.4, 0.5) is 5.69 Å². The van der Waals surface area contributed by atoms with Crippen molar-refractivity contribution in [2.24, 2.45) is 0 Å². The molecule has 3 nitrogen and oxygen atoms in total. The molecule has 0 amide bonds. The molecule has 1 N–H and O–H groups in total. The molecule has 126 valence electrons. The molecule has 0 aliphatic carbocycles. The van der Waals surface area contributed by atoms with Crippen molar-refractivity contribution in [1.82, 2.24) is 10.3 Å². The molecule has 0 spiro atoms. The van der Waals surface area contributed by atoms with Crippen molar-refractivity contribution < 1.29 is 0 Å². The molecule has 1 aliphatic rings. The van der Waals surface area contributed by atoms with Gasteiger partial charge in [0.25, 0.3) is 0 Å². The van der Waals surface area contributed by atoms with E-state index in [1.807, 2.05) is 7.05 Å². The molecule has 3 atom stereocenters. The fraction of sp³-hybridized carbons (Fsp3) is 0.300. The maximum Gasteiger partial charge on any atom is 0.0650 e. The summed E-state index contributed by atoms with van der Waals surface area (Å²) >= 11 is 0. The van der Waals surface area contributed by atoms with E-state index in [4.69, 9.17) is 0 Å². The topological polar surface area (TPSA) is 18.5 Å². The highest BCUT2D eigenvalue weighted by atomic mass is 31.0. The molecule has 0 saturated carbocycles. The number of rotatable bonds is 4. The summed E-state index contributed by atoms with van der Waals surface area (Å²) in [6.45, 7) is 4.37. The molecule has 0 fully saturated rings. The second-order valence-corrected chi connectivity index (χ2v) is 7.03. The van der Waals surface area contributed by atoms with E-state index in [0.717, 1.165) is 0 Å². The maximum absolute atomic E-state index is 3.28. The van der Waals surface area contributed by atoms with Gasteiger partial charge in [0.05, 0.1) is 5.69 Å². The van der Waals surface area contributed by atoms with Gasteiger partial charge in [-0.05, 0) is 55.0 Å². The van der Waals surface area contributed by atoms with Gasteiger partial charge in [0.2, 0.25) is 0 Å². The van der Waals surface area contributed by atoms with Crippen LogP contribution in [0.1, 0.15) is 25.5 Å². The van der Waals surface area contributed by atoms with Crippen LogP contribution in [0.2, 0.25) is 0 Å². The molecule has 3 unspecified atom stereocenters. The number of hydrogen-bond donors (Lipinski definition) is 1. The fourth-order valence-corrected chi connectivity index (χ4v) is 3.25. The average molecular weight is 339 g/mol. The lowest BCUT2D eigenvalue weighted by molar-refractivity contribution is 0.322. The predicted molar refractivity (Wildman–Crippen MR) is 108 cm³/mol. The summed E-state index contributed by atoms with van der Waals surface area (Å²) in [4.78, 5) is 0. The van der Waals surface area contributed by atoms with Gasteiger partial charge in [-0.15, -0.1) is 9.24 Å². The molecular formula is C20H26N3P. The van der Waals surface area contributed by atoms with Crippen LogP contribution < -0.4 is 15.6 Å². The minimum absolute atomic E-state index is 0.369. The first kappa shape index (κ1) is 17.2. The van der Waals surface area contributed by atoms with Gasteiger partial charge >= 0.3 is 0 Å². The second kappa shape index (κ2) is 7.06. The third kappa shape index (κ3) is 3.25. The molecule has 0 saturated heterocycles. The first-order valence-electron chi connectivity index (χ1n) is 8.38. The Morgan fingerprint density at radius 3 is 2.33 bits per heavy atom. The van der Waals surface area contributed by atoms with Crippen molar-refractivity contribution in [1.29, 1.82) is 0 Å². The first-order valence-corrected chi connectivity index (χ1v) is 8.96. The van der Waals surface area contributed by atoms with Crippen LogP contribution >= 0.6 is 9.24 Å². The highest BCUT2D eigenvalue weighted by Crippen LogP contribution is 2.29. The normalized spacial score (nSPS) is 19.0. The fourth-order valence-electron chi connectivity index (χ4n) is 2.93. The number of anilines is 1. The summed E-state index contributed by atoms with van der Waals surface area (Å²) < 4.78 is 0. The molecule has 2 aromatic rings. The standard InChI is InChI=1S/C20H26N3P/c1-14-11-12-23(22(14)4)19-13-18(9-10-20(19)24)17-7-5-16(6-8-17)15(2)21-3/h5-15,21H,24H2,1-4H3. The van der Waals surface area contributed by atoms with Gasteiger partial charge in [-0.2, -0.15) is 0 Å². The maximum atomic E-state index is 3.28. The highest BCUT2D eigenvalue weighted by Gasteiger charge is 2.21. The Hall–Kier alpha value is -1.67. The Labute approximate surface area is 147 Å². The monoisotopic (exact) mass is 339 g/mol. The summed E-state index contributed by atoms with van der Waals surface area (Å²) in [7, 11) is 6.95. The molecule has 1 heterocycles. The Morgan fingerprint density at radius 1 is 1.08 bits per heavy atom. The van der Waals surface area contributed by atoms with Crippen LogP contribution in [-0.2, 0) is 0 Å². The minimum Gasteiger partial charge on any atom is -0.313 e. The lowest BCUT2D eigenvalue weighted by Gasteiger charge is -2.30. The Morgan fingerprint density at radius 2 is 1.75 bits per heavy atom. The SMILES string of the molecule is CNC(C)c1ccc(-c2ccc(P)c(N3C=CC(C)N3C)c2)cc1. The molecule has 0 bridgehead atoms. The smallest absolute Gasteiger partial charge is 0.0650 e. The number of likely N-dealkylation sites (N-methyl/N-ethyl adjacent to an activating group) is 1. The first-order chi connectivity index (χ1) is 11.5. The van der Waals surface area contributed by atoms with Crippen LogP contribution in [0.5, 0.6) is 0 Å². The van der Waals surface area contributed by atoms with Crippen molar-refractivity contribution in [3.05, 3.63) is 60.3 Å². The largest absolute Gasteiger partial charge is 0.313 e. The van der Waals surface area contributed by atoms with Gasteiger partial charge in [0, 0.05) is 25.3 Å². The molecule has 24 heavy (non-hydrogen) atoms. The van der Waals surface area contributed by atoms with E-state index in [2.05, 4.69) is 100 Å². The van der Waals surface area contributed by atoms with Gasteiger partial charge in [-0.3, -0.25) is 5.01 Å². The predicted octanol–water partition coefficient (Wildman–Crippen LogP) is 3.70. The molecule has 1 aliphatic heterocycles. The zero-order valence-corrected chi connectivity index (χ0v) is 16.0. The summed E-state index contributed by atoms with van der Waals surface area (Å²) in [6.07, 6.45) is 4.36. The molecule has 0 radical (unpaired) electrons. The van der Waals surface area contributed by atoms with Crippen LogP contribution in [-0.4, -0.2) is 25.1 Å². The second-order valence-electron chi connectivity index (χ2n) is 6.41. The lowest BCUT2D eigenvalue weighted by atomic mass is 10.0. The Balaban J connectivity index is 1.93. The van der Waals surface area contributed by atoms with E-state index < -0.39 is 0 Å². The lowest BCUT2D eigenvalue weighted by Crippen LogP contribution is -2.37. The zero-order valence-electron chi connectivity index (χ0n) is 14.8. The van der Waals surface area contributed by atoms with Crippen molar-refractivity contribution in [3.63, 3.8) is 0 Å². The summed E-state index contributed by atoms with van der Waals surface area (Å²) in [5.41, 5.74) is 4.99. The van der Waals surface area contributed by atoms with Gasteiger partial charge in [-0.1, -0.05) is 36.4 Å². The van der Waals surface area contributed by atoms with Crippen molar-refractivity contribution in [2.75, 3.05) is 19.1 Å². The van der Waals surface area contributed by atoms with Crippen molar-refractivity contribution in [2.45, 2.75) is 25.9 Å². The molecule has 0 aromatic heterocycles. The molecule has 2 aromatic carbocycles. The van der Waals surface area contributed by atoms with E-state index in [1.54, 1.807) is 0 Å². The molecular weight excluding hydrogens is 313 g/mol. The number of hydrogen-bond acceptors (Lipinski definition) is 3. The van der Waals surface area contributed by atoms with Gasteiger partial charge in [0.1, 0.15) is 0 Å². The van der Waals surface area contributed by atoms with E-state index in [1.165, 1.54) is 27.7 Å². The minimum atomic E-state index is 0.369. The third-order valence-electron chi connectivity index (χ3n) is 4.89. The van der Waals surface area contributed by atoms with E-state index in [-0.39, 0.29) is 0 Å². The van der Waals surface area contributed by atoms with Gasteiger partial charge in [0.15, 0.2) is 0 Å². The average Bonchev–Trinajstić information content (AvgIpc) is 2.94. The molecule has 3 rings (SSSR count). The van der Waals surface area contributed by atoms with E-state index in [0.29, 0.717) is 12.1 Å². The van der Waals surface area contributed by atoms with Crippen LogP contribution in [0.15, 0.2) is 54.7 Å². The van der Waals surface area contributed by atoms with E-state index in [9.17, 15) is 0 Å². The number of benzene rings is 2. The van der Waals surface area contributed by atoms with Gasteiger partial charge < -0.3 is 5.32 Å². The Kier molecular flexibility index (Phi) is 5.05. The summed E-state index contributed by atoms with van der Waals surface area (Å²) in [5.74, 6) is 0. The summed E-state index contributed by atoms with van der Waals surface area (Å²) in [5, 5.41) is 8.94. The number of nitrogens with zero attached hydrogens (tertiary/aromatic N) is 2. The van der Waals surface area contributed by atoms with Crippen LogP contribution in [0, 0.1) is 0 Å². The van der Waals surface area contributed by atoms with Crippen molar-refractivity contribution >= 4 is 20.2 Å². The highest BCUT2D eigenvalue weighted by molar-refractivity contribution is 7.28. The Bertz CT molecular complexity index is 739. The van der Waals surface area contributed by atoms with Gasteiger partial charge in [-0.25, -0.2) is 5.01 Å². The van der Waals surface area contributed by atoms with E-state index >= 15 is 0 Å². The third-order valence-corrected chi connectivity index (χ3v) is 5.38. The summed E-state index contributed by atoms with van der Waals surface area (Å²) in [6, 6.07) is 16.2. The van der Waals surface area contributed by atoms with Crippen LogP contribution in [0.25, 0.3) is 11.1 Å². The zero-order chi connectivity index (χ0) is 17.3. The number of nitrogens with one attached hydrogen (secondary N) is 1.